The number of furan rings is 2. The van der Waals surface area contributed by atoms with Crippen molar-refractivity contribution in [2.45, 2.75) is 13.3 Å². The van der Waals surface area contributed by atoms with Crippen LogP contribution in [0.25, 0.3) is 21.9 Å². The summed E-state index contributed by atoms with van der Waals surface area (Å²) in [6.07, 6.45) is 1.48. The van der Waals surface area contributed by atoms with E-state index in [0.717, 1.165) is 42.9 Å². The largest absolute Gasteiger partial charge is 0.460 e. The molecule has 120 valence electrons. The maximum Gasteiger partial charge on any atom is 0.154 e. The Hall–Kier alpha value is -1.85. The van der Waals surface area contributed by atoms with E-state index in [-0.39, 0.29) is 0 Å². The molecule has 2 aromatic carbocycles. The first-order chi connectivity index (χ1) is 11.6. The molecule has 24 heavy (non-hydrogen) atoms. The second kappa shape index (κ2) is 5.90. The number of rotatable bonds is 3. The molecule has 2 aromatic heterocycles. The molecule has 0 saturated carbocycles. The van der Waals surface area contributed by atoms with E-state index in [2.05, 4.69) is 31.9 Å². The zero-order valence-corrected chi connectivity index (χ0v) is 15.9. The van der Waals surface area contributed by atoms with Crippen molar-refractivity contribution in [3.05, 3.63) is 68.0 Å². The van der Waals surface area contributed by atoms with Gasteiger partial charge in [-0.2, -0.15) is 0 Å². The molecule has 0 aliphatic rings. The van der Waals surface area contributed by atoms with Gasteiger partial charge in [-0.3, -0.25) is 4.79 Å². The number of hydrogen-bond acceptors (Lipinski definition) is 3. The van der Waals surface area contributed by atoms with E-state index in [1.807, 2.05) is 36.4 Å². The van der Waals surface area contributed by atoms with Crippen molar-refractivity contribution >= 4 is 60.1 Å². The summed E-state index contributed by atoms with van der Waals surface area (Å²) >= 11 is 7.05. The Morgan fingerprint density at radius 3 is 2.62 bits per heavy atom. The summed E-state index contributed by atoms with van der Waals surface area (Å²) < 4.78 is 13.4. The summed E-state index contributed by atoms with van der Waals surface area (Å²) in [7, 11) is 0. The minimum Gasteiger partial charge on any atom is -0.460 e. The van der Waals surface area contributed by atoms with Crippen LogP contribution in [0.15, 0.2) is 54.2 Å². The topological polar surface area (TPSA) is 43.4 Å². The predicted molar refractivity (Wildman–Crippen MR) is 101 cm³/mol. The van der Waals surface area contributed by atoms with Crippen molar-refractivity contribution in [2.75, 3.05) is 0 Å². The van der Waals surface area contributed by atoms with E-state index < -0.39 is 0 Å². The third kappa shape index (κ3) is 2.52. The monoisotopic (exact) mass is 446 g/mol. The fourth-order valence-electron chi connectivity index (χ4n) is 2.97. The first-order valence-electron chi connectivity index (χ1n) is 7.40. The standard InChI is InChI=1S/C19H12Br2O3/c1-10-15(9-22)14-6-11(7-17(21)19(14)23-10)5-13-8-12-3-2-4-16(20)18(12)24-13/h2-4,6-9H,5H2,1H3. The summed E-state index contributed by atoms with van der Waals surface area (Å²) in [4.78, 5) is 11.3. The Morgan fingerprint density at radius 1 is 1.04 bits per heavy atom. The molecule has 0 aliphatic carbocycles. The van der Waals surface area contributed by atoms with E-state index in [9.17, 15) is 4.79 Å². The van der Waals surface area contributed by atoms with E-state index in [4.69, 9.17) is 8.83 Å². The lowest BCUT2D eigenvalue weighted by atomic mass is 10.1. The van der Waals surface area contributed by atoms with E-state index in [1.54, 1.807) is 6.92 Å². The molecule has 5 heteroatoms. The van der Waals surface area contributed by atoms with Crippen LogP contribution in [-0.4, -0.2) is 6.29 Å². The van der Waals surface area contributed by atoms with Crippen molar-refractivity contribution in [1.29, 1.82) is 0 Å². The van der Waals surface area contributed by atoms with Gasteiger partial charge in [-0.1, -0.05) is 12.1 Å². The van der Waals surface area contributed by atoms with Gasteiger partial charge in [-0.25, -0.2) is 0 Å². The van der Waals surface area contributed by atoms with Crippen molar-refractivity contribution in [3.8, 4) is 0 Å². The molecule has 4 rings (SSSR count). The van der Waals surface area contributed by atoms with Crippen LogP contribution in [-0.2, 0) is 6.42 Å². The number of hydrogen-bond donors (Lipinski definition) is 0. The number of aldehydes is 1. The molecule has 0 fully saturated rings. The lowest BCUT2D eigenvalue weighted by molar-refractivity contribution is 0.112. The molecule has 3 nitrogen and oxygen atoms in total. The van der Waals surface area contributed by atoms with Gasteiger partial charge in [0.2, 0.25) is 0 Å². The molecule has 0 amide bonds. The number of benzene rings is 2. The molecule has 0 unspecified atom stereocenters. The van der Waals surface area contributed by atoms with Crippen molar-refractivity contribution in [3.63, 3.8) is 0 Å². The van der Waals surface area contributed by atoms with Crippen LogP contribution in [0.3, 0.4) is 0 Å². The average Bonchev–Trinajstić information content (AvgIpc) is 3.08. The van der Waals surface area contributed by atoms with Crippen LogP contribution in [0.4, 0.5) is 0 Å². The summed E-state index contributed by atoms with van der Waals surface area (Å²) in [5, 5.41) is 1.89. The van der Waals surface area contributed by atoms with Crippen molar-refractivity contribution < 1.29 is 13.6 Å². The second-order valence-electron chi connectivity index (χ2n) is 5.69. The maximum atomic E-state index is 11.3. The predicted octanol–water partition coefficient (Wildman–Crippen LogP) is 6.42. The lowest BCUT2D eigenvalue weighted by Crippen LogP contribution is -1.87. The second-order valence-corrected chi connectivity index (χ2v) is 7.40. The Bertz CT molecular complexity index is 1090. The van der Waals surface area contributed by atoms with Gasteiger partial charge < -0.3 is 8.83 Å². The molecule has 4 aromatic rings. The zero-order chi connectivity index (χ0) is 16.8. The highest BCUT2D eigenvalue weighted by molar-refractivity contribution is 9.11. The molecule has 0 saturated heterocycles. The molecular weight excluding hydrogens is 436 g/mol. The number of fused-ring (bicyclic) bond motifs is 2. The fraction of sp³-hybridized carbons (Fsp3) is 0.105. The highest BCUT2D eigenvalue weighted by Crippen LogP contribution is 2.33. The third-order valence-electron chi connectivity index (χ3n) is 4.07. The highest BCUT2D eigenvalue weighted by Gasteiger charge is 2.15. The minimum absolute atomic E-state index is 0.597. The van der Waals surface area contributed by atoms with E-state index >= 15 is 0 Å². The number of halogens is 2. The van der Waals surface area contributed by atoms with Gasteiger partial charge >= 0.3 is 0 Å². The molecule has 0 atom stereocenters. The van der Waals surface area contributed by atoms with Gasteiger partial charge in [0.05, 0.1) is 14.5 Å². The smallest absolute Gasteiger partial charge is 0.154 e. The Labute approximate surface area is 154 Å². The SMILES string of the molecule is Cc1oc2c(Br)cc(Cc3cc4cccc(Br)c4o3)cc2c1C=O. The Balaban J connectivity index is 1.81. The van der Waals surface area contributed by atoms with Gasteiger partial charge in [0.25, 0.3) is 0 Å². The van der Waals surface area contributed by atoms with Crippen molar-refractivity contribution in [2.24, 2.45) is 0 Å². The molecular formula is C19H12Br2O3. The van der Waals surface area contributed by atoms with Crippen LogP contribution in [0, 0.1) is 6.92 Å². The van der Waals surface area contributed by atoms with Crippen molar-refractivity contribution in [1.82, 2.24) is 0 Å². The number of carbonyl (C=O) groups excluding carboxylic acids is 1. The number of carbonyl (C=O) groups is 1. The van der Waals surface area contributed by atoms with Gasteiger partial charge in [-0.15, -0.1) is 0 Å². The van der Waals surface area contributed by atoms with Crippen LogP contribution in [0.1, 0.15) is 27.4 Å². The Kier molecular flexibility index (Phi) is 3.85. The van der Waals surface area contributed by atoms with E-state index in [0.29, 0.717) is 23.3 Å². The minimum atomic E-state index is 0.597. The van der Waals surface area contributed by atoms with Gasteiger partial charge in [0.1, 0.15) is 22.7 Å². The molecule has 0 spiro atoms. The van der Waals surface area contributed by atoms with Crippen LogP contribution >= 0.6 is 31.9 Å². The van der Waals surface area contributed by atoms with E-state index in [1.165, 1.54) is 0 Å². The normalized spacial score (nSPS) is 11.5. The van der Waals surface area contributed by atoms with Gasteiger partial charge in [0, 0.05) is 17.2 Å². The number of para-hydroxylation sites is 1. The fourth-order valence-corrected chi connectivity index (χ4v) is 4.02. The van der Waals surface area contributed by atoms with Crippen LogP contribution in [0.5, 0.6) is 0 Å². The highest BCUT2D eigenvalue weighted by atomic mass is 79.9. The van der Waals surface area contributed by atoms with Gasteiger partial charge in [-0.05, 0) is 68.6 Å². The first-order valence-corrected chi connectivity index (χ1v) is 8.99. The summed E-state index contributed by atoms with van der Waals surface area (Å²) in [6.45, 7) is 1.80. The number of aryl methyl sites for hydroxylation is 1. The molecule has 0 radical (unpaired) electrons. The van der Waals surface area contributed by atoms with Gasteiger partial charge in [0.15, 0.2) is 6.29 Å². The Morgan fingerprint density at radius 2 is 1.88 bits per heavy atom. The summed E-state index contributed by atoms with van der Waals surface area (Å²) in [6, 6.07) is 12.0. The maximum absolute atomic E-state index is 11.3. The zero-order valence-electron chi connectivity index (χ0n) is 12.7. The summed E-state index contributed by atoms with van der Waals surface area (Å²) in [5.41, 5.74) is 3.19. The van der Waals surface area contributed by atoms with Crippen LogP contribution in [0.2, 0.25) is 0 Å². The lowest BCUT2D eigenvalue weighted by Gasteiger charge is -2.01. The summed E-state index contributed by atoms with van der Waals surface area (Å²) in [5.74, 6) is 1.50. The first kappa shape index (κ1) is 15.7. The molecule has 2 heterocycles. The molecule has 0 aliphatic heterocycles. The quantitative estimate of drug-likeness (QED) is 0.340. The third-order valence-corrected chi connectivity index (χ3v) is 5.28. The molecule has 0 bridgehead atoms. The molecule has 0 N–H and O–H groups in total. The van der Waals surface area contributed by atoms with Crippen LogP contribution < -0.4 is 0 Å². The average molecular weight is 448 g/mol.